The maximum atomic E-state index is 12.5. The number of aromatic hydroxyl groups is 1. The van der Waals surface area contributed by atoms with Crippen molar-refractivity contribution >= 4 is 5.91 Å². The SMILES string of the molecule is Cc1ccc([C@@H](NC(=O)CCc2ccc(O)cc2)c2ccncc2)cc1. The highest BCUT2D eigenvalue weighted by Crippen LogP contribution is 2.22. The molecule has 26 heavy (non-hydrogen) atoms. The lowest BCUT2D eigenvalue weighted by atomic mass is 9.98. The number of nitrogens with one attached hydrogen (secondary N) is 1. The van der Waals surface area contributed by atoms with Crippen LogP contribution in [0, 0.1) is 6.92 Å². The minimum absolute atomic E-state index is 0.0135. The molecular formula is C22H22N2O2. The fraction of sp³-hybridized carbons (Fsp3) is 0.182. The standard InChI is InChI=1S/C22H22N2O2/c1-16-2-7-18(8-3-16)22(19-12-14-23-15-13-19)24-21(26)11-6-17-4-9-20(25)10-5-17/h2-5,7-10,12-15,22,25H,6,11H2,1H3,(H,24,26)/t22-/m1/s1. The Morgan fingerprint density at radius 3 is 2.23 bits per heavy atom. The Labute approximate surface area is 153 Å². The van der Waals surface area contributed by atoms with E-state index in [4.69, 9.17) is 0 Å². The number of pyridine rings is 1. The van der Waals surface area contributed by atoms with E-state index < -0.39 is 0 Å². The highest BCUT2D eigenvalue weighted by atomic mass is 16.3. The first kappa shape index (κ1) is 17.7. The number of hydrogen-bond acceptors (Lipinski definition) is 3. The van der Waals surface area contributed by atoms with Crippen molar-refractivity contribution < 1.29 is 9.90 Å². The molecule has 0 saturated heterocycles. The van der Waals surface area contributed by atoms with Crippen molar-refractivity contribution in [3.63, 3.8) is 0 Å². The second kappa shape index (κ2) is 8.30. The lowest BCUT2D eigenvalue weighted by Gasteiger charge is -2.20. The summed E-state index contributed by atoms with van der Waals surface area (Å²) in [6.07, 6.45) is 4.49. The van der Waals surface area contributed by atoms with Crippen molar-refractivity contribution in [1.29, 1.82) is 0 Å². The topological polar surface area (TPSA) is 62.2 Å². The van der Waals surface area contributed by atoms with Crippen LogP contribution >= 0.6 is 0 Å². The summed E-state index contributed by atoms with van der Waals surface area (Å²) in [5.74, 6) is 0.218. The van der Waals surface area contributed by atoms with Crippen LogP contribution in [0.25, 0.3) is 0 Å². The van der Waals surface area contributed by atoms with Gasteiger partial charge in [0.1, 0.15) is 5.75 Å². The molecule has 1 amide bonds. The first-order valence-corrected chi connectivity index (χ1v) is 8.65. The number of benzene rings is 2. The fourth-order valence-corrected chi connectivity index (χ4v) is 2.83. The summed E-state index contributed by atoms with van der Waals surface area (Å²) in [7, 11) is 0. The summed E-state index contributed by atoms with van der Waals surface area (Å²) in [6.45, 7) is 2.04. The van der Waals surface area contributed by atoms with Crippen molar-refractivity contribution in [2.45, 2.75) is 25.8 Å². The Balaban J connectivity index is 1.71. The average molecular weight is 346 g/mol. The molecule has 132 valence electrons. The van der Waals surface area contributed by atoms with Gasteiger partial charge in [0.25, 0.3) is 0 Å². The first-order chi connectivity index (χ1) is 12.6. The maximum absolute atomic E-state index is 12.5. The molecule has 2 N–H and O–H groups in total. The van der Waals surface area contributed by atoms with E-state index in [0.717, 1.165) is 16.7 Å². The maximum Gasteiger partial charge on any atom is 0.221 e. The highest BCUT2D eigenvalue weighted by Gasteiger charge is 2.16. The van der Waals surface area contributed by atoms with E-state index in [1.807, 2.05) is 55.5 Å². The Morgan fingerprint density at radius 2 is 1.58 bits per heavy atom. The quantitative estimate of drug-likeness (QED) is 0.711. The largest absolute Gasteiger partial charge is 0.508 e. The third-order valence-electron chi connectivity index (χ3n) is 4.33. The molecule has 1 aromatic heterocycles. The van der Waals surface area contributed by atoms with Crippen molar-refractivity contribution in [3.8, 4) is 5.75 Å². The van der Waals surface area contributed by atoms with E-state index in [1.54, 1.807) is 24.5 Å². The van der Waals surface area contributed by atoms with Crippen LogP contribution in [0.4, 0.5) is 0 Å². The Hall–Kier alpha value is -3.14. The Morgan fingerprint density at radius 1 is 0.962 bits per heavy atom. The fourth-order valence-electron chi connectivity index (χ4n) is 2.83. The molecule has 0 bridgehead atoms. The molecule has 4 nitrogen and oxygen atoms in total. The number of aryl methyl sites for hydroxylation is 2. The summed E-state index contributed by atoms with van der Waals surface area (Å²) in [6, 6.07) is 18.8. The molecule has 0 aliphatic heterocycles. The van der Waals surface area contributed by atoms with Gasteiger partial charge in [0, 0.05) is 18.8 Å². The molecule has 0 aliphatic rings. The van der Waals surface area contributed by atoms with E-state index in [0.29, 0.717) is 12.8 Å². The van der Waals surface area contributed by atoms with Crippen LogP contribution in [-0.4, -0.2) is 16.0 Å². The summed E-state index contributed by atoms with van der Waals surface area (Å²) in [5, 5.41) is 12.5. The second-order valence-electron chi connectivity index (χ2n) is 6.36. The average Bonchev–Trinajstić information content (AvgIpc) is 2.67. The molecular weight excluding hydrogens is 324 g/mol. The third-order valence-corrected chi connectivity index (χ3v) is 4.33. The lowest BCUT2D eigenvalue weighted by Crippen LogP contribution is -2.29. The number of carbonyl (C=O) groups is 1. The van der Waals surface area contributed by atoms with Crippen LogP contribution in [-0.2, 0) is 11.2 Å². The number of nitrogens with zero attached hydrogens (tertiary/aromatic N) is 1. The third kappa shape index (κ3) is 4.70. The van der Waals surface area contributed by atoms with Gasteiger partial charge < -0.3 is 10.4 Å². The van der Waals surface area contributed by atoms with Crippen LogP contribution in [0.2, 0.25) is 0 Å². The van der Waals surface area contributed by atoms with E-state index >= 15 is 0 Å². The number of aromatic nitrogens is 1. The van der Waals surface area contributed by atoms with Crippen LogP contribution in [0.3, 0.4) is 0 Å². The van der Waals surface area contributed by atoms with E-state index in [2.05, 4.69) is 10.3 Å². The van der Waals surface area contributed by atoms with Crippen LogP contribution in [0.5, 0.6) is 5.75 Å². The van der Waals surface area contributed by atoms with Gasteiger partial charge in [-0.2, -0.15) is 0 Å². The lowest BCUT2D eigenvalue weighted by molar-refractivity contribution is -0.121. The van der Waals surface area contributed by atoms with Crippen LogP contribution in [0.15, 0.2) is 73.1 Å². The number of amides is 1. The van der Waals surface area contributed by atoms with Crippen LogP contribution in [0.1, 0.15) is 34.7 Å². The predicted molar refractivity (Wildman–Crippen MR) is 102 cm³/mol. The van der Waals surface area contributed by atoms with Crippen molar-refractivity contribution in [1.82, 2.24) is 10.3 Å². The molecule has 1 heterocycles. The van der Waals surface area contributed by atoms with Gasteiger partial charge in [-0.3, -0.25) is 9.78 Å². The minimum Gasteiger partial charge on any atom is -0.508 e. The van der Waals surface area contributed by atoms with Crippen molar-refractivity contribution in [3.05, 3.63) is 95.3 Å². The monoisotopic (exact) mass is 346 g/mol. The number of hydrogen-bond donors (Lipinski definition) is 2. The molecule has 2 aromatic carbocycles. The summed E-state index contributed by atoms with van der Waals surface area (Å²) >= 11 is 0. The van der Waals surface area contributed by atoms with E-state index in [-0.39, 0.29) is 17.7 Å². The Kier molecular flexibility index (Phi) is 5.64. The van der Waals surface area contributed by atoms with Crippen molar-refractivity contribution in [2.24, 2.45) is 0 Å². The zero-order chi connectivity index (χ0) is 18.4. The number of phenolic OH excluding ortho intramolecular Hbond substituents is 1. The van der Waals surface area contributed by atoms with Gasteiger partial charge >= 0.3 is 0 Å². The van der Waals surface area contributed by atoms with E-state index in [1.165, 1.54) is 5.56 Å². The second-order valence-corrected chi connectivity index (χ2v) is 6.36. The van der Waals surface area contributed by atoms with Gasteiger partial charge in [-0.05, 0) is 54.3 Å². The molecule has 0 radical (unpaired) electrons. The molecule has 0 spiro atoms. The number of carbonyl (C=O) groups excluding carboxylic acids is 1. The zero-order valence-corrected chi connectivity index (χ0v) is 14.7. The Bertz CT molecular complexity index is 844. The molecule has 1 atom stereocenters. The van der Waals surface area contributed by atoms with E-state index in [9.17, 15) is 9.90 Å². The van der Waals surface area contributed by atoms with Gasteiger partial charge in [-0.25, -0.2) is 0 Å². The van der Waals surface area contributed by atoms with Gasteiger partial charge in [-0.15, -0.1) is 0 Å². The molecule has 0 unspecified atom stereocenters. The smallest absolute Gasteiger partial charge is 0.221 e. The van der Waals surface area contributed by atoms with Gasteiger partial charge in [0.05, 0.1) is 6.04 Å². The van der Waals surface area contributed by atoms with Crippen LogP contribution < -0.4 is 5.32 Å². The molecule has 4 heteroatoms. The molecule has 0 fully saturated rings. The summed E-state index contributed by atoms with van der Waals surface area (Å²) < 4.78 is 0. The molecule has 0 aliphatic carbocycles. The van der Waals surface area contributed by atoms with Gasteiger partial charge in [-0.1, -0.05) is 42.0 Å². The molecule has 3 rings (SSSR count). The summed E-state index contributed by atoms with van der Waals surface area (Å²) in [4.78, 5) is 16.6. The highest BCUT2D eigenvalue weighted by molar-refractivity contribution is 5.77. The predicted octanol–water partition coefficient (Wildman–Crippen LogP) is 3.93. The molecule has 0 saturated carbocycles. The van der Waals surface area contributed by atoms with Gasteiger partial charge in [0.2, 0.25) is 5.91 Å². The first-order valence-electron chi connectivity index (χ1n) is 8.65. The normalized spacial score (nSPS) is 11.7. The minimum atomic E-state index is -0.203. The summed E-state index contributed by atoms with van der Waals surface area (Å²) in [5.41, 5.74) is 4.25. The number of phenols is 1. The molecule has 3 aromatic rings. The van der Waals surface area contributed by atoms with Crippen molar-refractivity contribution in [2.75, 3.05) is 0 Å². The van der Waals surface area contributed by atoms with Gasteiger partial charge in [0.15, 0.2) is 0 Å². The zero-order valence-electron chi connectivity index (χ0n) is 14.7. The number of rotatable bonds is 6.